The van der Waals surface area contributed by atoms with Gasteiger partial charge < -0.3 is 5.73 Å². The van der Waals surface area contributed by atoms with Crippen molar-refractivity contribution in [2.45, 2.75) is 12.8 Å². The minimum atomic E-state index is 0.532. The van der Waals surface area contributed by atoms with Crippen LogP contribution in [0.2, 0.25) is 0 Å². The Balaban J connectivity index is 2.65. The van der Waals surface area contributed by atoms with Crippen molar-refractivity contribution >= 4 is 11.3 Å². The van der Waals surface area contributed by atoms with Crippen molar-refractivity contribution in [3.63, 3.8) is 0 Å². The minimum absolute atomic E-state index is 0.532. The Morgan fingerprint density at radius 3 is 3.00 bits per heavy atom. The number of nitrogens with two attached hydrogens (primary N) is 1. The second-order valence-electron chi connectivity index (χ2n) is 2.15. The monoisotopic (exact) mass is 141 g/mol. The van der Waals surface area contributed by atoms with Gasteiger partial charge in [0.15, 0.2) is 0 Å². The Morgan fingerprint density at radius 1 is 1.78 bits per heavy atom. The molecule has 1 atom stereocenters. The van der Waals surface area contributed by atoms with Crippen molar-refractivity contribution in [2.75, 3.05) is 6.54 Å². The van der Waals surface area contributed by atoms with Crippen LogP contribution in [0.3, 0.4) is 0 Å². The largest absolute Gasteiger partial charge is 0.330 e. The lowest BCUT2D eigenvalue weighted by molar-refractivity contribution is 0.790. The second-order valence-corrected chi connectivity index (χ2v) is 3.13. The van der Waals surface area contributed by atoms with E-state index in [4.69, 9.17) is 5.73 Å². The molecule has 50 valence electrons. The molecule has 2 heteroatoms. The van der Waals surface area contributed by atoms with Gasteiger partial charge in [-0.15, -0.1) is 11.3 Å². The third-order valence-corrected chi connectivity index (χ3v) is 2.49. The van der Waals surface area contributed by atoms with Crippen molar-refractivity contribution in [2.24, 2.45) is 5.73 Å². The Hall–Kier alpha value is -0.340. The fraction of sp³-hybridized carbons (Fsp3) is 0.429. The first-order valence-electron chi connectivity index (χ1n) is 3.08. The lowest BCUT2D eigenvalue weighted by Gasteiger charge is -2.02. The SMILES string of the molecule is C[C@H](CN)c1cccs1. The van der Waals surface area contributed by atoms with E-state index >= 15 is 0 Å². The molecule has 1 rings (SSSR count). The predicted molar refractivity (Wildman–Crippen MR) is 41.8 cm³/mol. The molecule has 0 aliphatic rings. The van der Waals surface area contributed by atoms with Crippen LogP contribution in [-0.2, 0) is 0 Å². The van der Waals surface area contributed by atoms with Gasteiger partial charge in [-0.2, -0.15) is 0 Å². The summed E-state index contributed by atoms with van der Waals surface area (Å²) in [6, 6.07) is 4.19. The van der Waals surface area contributed by atoms with Crippen LogP contribution in [0.25, 0.3) is 0 Å². The molecule has 9 heavy (non-hydrogen) atoms. The fourth-order valence-electron chi connectivity index (χ4n) is 0.688. The number of rotatable bonds is 2. The highest BCUT2D eigenvalue weighted by atomic mass is 32.1. The zero-order valence-electron chi connectivity index (χ0n) is 5.50. The Labute approximate surface area is 59.5 Å². The van der Waals surface area contributed by atoms with Gasteiger partial charge >= 0.3 is 0 Å². The topological polar surface area (TPSA) is 26.0 Å². The van der Waals surface area contributed by atoms with Crippen LogP contribution < -0.4 is 5.73 Å². The van der Waals surface area contributed by atoms with E-state index in [-0.39, 0.29) is 0 Å². The molecule has 1 aromatic rings. The van der Waals surface area contributed by atoms with Crippen molar-refractivity contribution < 1.29 is 0 Å². The van der Waals surface area contributed by atoms with Crippen LogP contribution in [0, 0.1) is 0 Å². The number of hydrogen-bond acceptors (Lipinski definition) is 2. The van der Waals surface area contributed by atoms with Crippen LogP contribution in [-0.4, -0.2) is 6.54 Å². The molecule has 1 nitrogen and oxygen atoms in total. The Kier molecular flexibility index (Phi) is 2.25. The summed E-state index contributed by atoms with van der Waals surface area (Å²) in [5.74, 6) is 0.532. The average molecular weight is 141 g/mol. The first kappa shape index (κ1) is 6.78. The van der Waals surface area contributed by atoms with Crippen molar-refractivity contribution in [1.29, 1.82) is 0 Å². The zero-order chi connectivity index (χ0) is 6.69. The molecule has 0 aliphatic carbocycles. The molecule has 0 bridgehead atoms. The summed E-state index contributed by atoms with van der Waals surface area (Å²) in [6.45, 7) is 2.90. The highest BCUT2D eigenvalue weighted by Crippen LogP contribution is 2.18. The van der Waals surface area contributed by atoms with Gasteiger partial charge in [0.05, 0.1) is 0 Å². The molecule has 0 unspecified atom stereocenters. The molecular formula is C7H11NS. The maximum absolute atomic E-state index is 5.47. The maximum Gasteiger partial charge on any atom is 0.00860 e. The van der Waals surface area contributed by atoms with Gasteiger partial charge in [0, 0.05) is 10.8 Å². The highest BCUT2D eigenvalue weighted by molar-refractivity contribution is 7.10. The van der Waals surface area contributed by atoms with E-state index in [0.717, 1.165) is 6.54 Å². The average Bonchev–Trinajstić information content (AvgIpc) is 2.37. The van der Waals surface area contributed by atoms with Crippen LogP contribution in [0.4, 0.5) is 0 Å². The molecular weight excluding hydrogens is 130 g/mol. The van der Waals surface area contributed by atoms with Gasteiger partial charge in [-0.25, -0.2) is 0 Å². The standard InChI is InChI=1S/C7H11NS/c1-6(5-8)7-3-2-4-9-7/h2-4,6H,5,8H2,1H3/t6-/m1/s1. The third-order valence-electron chi connectivity index (χ3n) is 1.38. The van der Waals surface area contributed by atoms with E-state index in [2.05, 4.69) is 24.4 Å². The van der Waals surface area contributed by atoms with Crippen molar-refractivity contribution in [3.05, 3.63) is 22.4 Å². The second kappa shape index (κ2) is 2.99. The van der Waals surface area contributed by atoms with Gasteiger partial charge in [-0.1, -0.05) is 13.0 Å². The van der Waals surface area contributed by atoms with Gasteiger partial charge in [-0.3, -0.25) is 0 Å². The summed E-state index contributed by atoms with van der Waals surface area (Å²) in [6.07, 6.45) is 0. The van der Waals surface area contributed by atoms with Crippen molar-refractivity contribution in [3.8, 4) is 0 Å². The van der Waals surface area contributed by atoms with Crippen LogP contribution in [0.1, 0.15) is 17.7 Å². The molecule has 2 N–H and O–H groups in total. The predicted octanol–water partition coefficient (Wildman–Crippen LogP) is 1.81. The molecule has 0 spiro atoms. The van der Waals surface area contributed by atoms with E-state index in [1.165, 1.54) is 4.88 Å². The summed E-state index contributed by atoms with van der Waals surface area (Å²) in [7, 11) is 0. The van der Waals surface area contributed by atoms with Crippen molar-refractivity contribution in [1.82, 2.24) is 0 Å². The first-order valence-corrected chi connectivity index (χ1v) is 3.96. The maximum atomic E-state index is 5.47. The smallest absolute Gasteiger partial charge is 0.00860 e. The van der Waals surface area contributed by atoms with Gasteiger partial charge in [0.25, 0.3) is 0 Å². The molecule has 0 aliphatic heterocycles. The summed E-state index contributed by atoms with van der Waals surface area (Å²) >= 11 is 1.78. The minimum Gasteiger partial charge on any atom is -0.330 e. The van der Waals surface area contributed by atoms with Gasteiger partial charge in [0.1, 0.15) is 0 Å². The van der Waals surface area contributed by atoms with E-state index in [9.17, 15) is 0 Å². The van der Waals surface area contributed by atoms with E-state index in [1.54, 1.807) is 11.3 Å². The molecule has 1 aromatic heterocycles. The van der Waals surface area contributed by atoms with E-state index in [0.29, 0.717) is 5.92 Å². The molecule has 0 saturated heterocycles. The Morgan fingerprint density at radius 2 is 2.56 bits per heavy atom. The van der Waals surface area contributed by atoms with E-state index < -0.39 is 0 Å². The molecule has 0 aromatic carbocycles. The fourth-order valence-corrected chi connectivity index (χ4v) is 1.49. The highest BCUT2D eigenvalue weighted by Gasteiger charge is 2.01. The summed E-state index contributed by atoms with van der Waals surface area (Å²) in [5.41, 5.74) is 5.47. The zero-order valence-corrected chi connectivity index (χ0v) is 6.32. The normalized spacial score (nSPS) is 13.6. The third kappa shape index (κ3) is 1.53. The lowest BCUT2D eigenvalue weighted by atomic mass is 10.1. The molecule has 0 saturated carbocycles. The molecule has 1 heterocycles. The summed E-state index contributed by atoms with van der Waals surface area (Å²) in [4.78, 5) is 1.39. The summed E-state index contributed by atoms with van der Waals surface area (Å²) in [5, 5.41) is 2.08. The molecule has 0 radical (unpaired) electrons. The van der Waals surface area contributed by atoms with E-state index in [1.807, 2.05) is 0 Å². The number of thiophene rings is 1. The van der Waals surface area contributed by atoms with Gasteiger partial charge in [-0.05, 0) is 18.0 Å². The quantitative estimate of drug-likeness (QED) is 0.668. The lowest BCUT2D eigenvalue weighted by Crippen LogP contribution is -2.06. The van der Waals surface area contributed by atoms with Crippen LogP contribution >= 0.6 is 11.3 Å². The summed E-state index contributed by atoms with van der Waals surface area (Å²) < 4.78 is 0. The molecule has 0 fully saturated rings. The first-order chi connectivity index (χ1) is 4.34. The molecule has 0 amide bonds. The number of hydrogen-bond donors (Lipinski definition) is 1. The van der Waals surface area contributed by atoms with Crippen LogP contribution in [0.5, 0.6) is 0 Å². The van der Waals surface area contributed by atoms with Crippen LogP contribution in [0.15, 0.2) is 17.5 Å². The van der Waals surface area contributed by atoms with Gasteiger partial charge in [0.2, 0.25) is 0 Å². The Bertz CT molecular complexity index is 157.